The first-order valence-electron chi connectivity index (χ1n) is 11.9. The van der Waals surface area contributed by atoms with E-state index in [0.717, 1.165) is 19.3 Å². The highest BCUT2D eigenvalue weighted by Gasteiger charge is 2.50. The second-order valence-corrected chi connectivity index (χ2v) is 10.8. The van der Waals surface area contributed by atoms with Crippen LogP contribution in [0.15, 0.2) is 123 Å². The molecule has 3 unspecified atom stereocenters. The van der Waals surface area contributed by atoms with E-state index in [4.69, 9.17) is 0 Å². The lowest BCUT2D eigenvalue weighted by atomic mass is 9.29. The highest BCUT2D eigenvalue weighted by Crippen LogP contribution is 2.52. The lowest BCUT2D eigenvalue weighted by Gasteiger charge is -2.53. The SMILES string of the molecule is CC1C=C(C2=CC=CCC2)C2=CC=CC3B4C5=C(C=CC=C(C5)Sc5ccccc54)N1C23. The molecule has 0 fully saturated rings. The number of thioether (sulfide) groups is 1. The Hall–Kier alpha value is -2.65. The first kappa shape index (κ1) is 18.9. The van der Waals surface area contributed by atoms with E-state index >= 15 is 0 Å². The molecular weight excluding hydrogens is 405 g/mol. The summed E-state index contributed by atoms with van der Waals surface area (Å²) in [7, 11) is 0. The van der Waals surface area contributed by atoms with E-state index in [1.54, 1.807) is 5.47 Å². The van der Waals surface area contributed by atoms with Crippen LogP contribution >= 0.6 is 11.8 Å². The van der Waals surface area contributed by atoms with E-state index in [0.29, 0.717) is 24.6 Å². The molecule has 1 nitrogen and oxygen atoms in total. The quantitative estimate of drug-likeness (QED) is 0.481. The van der Waals surface area contributed by atoms with Crippen LogP contribution in [0.25, 0.3) is 0 Å². The predicted octanol–water partition coefficient (Wildman–Crippen LogP) is 6.29. The summed E-state index contributed by atoms with van der Waals surface area (Å²) in [6.07, 6.45) is 27.1. The van der Waals surface area contributed by atoms with Crippen molar-refractivity contribution in [1.29, 1.82) is 0 Å². The monoisotopic (exact) mass is 431 g/mol. The number of hydrogen-bond acceptors (Lipinski definition) is 2. The fourth-order valence-corrected chi connectivity index (χ4v) is 7.73. The van der Waals surface area contributed by atoms with Crippen molar-refractivity contribution < 1.29 is 0 Å². The Morgan fingerprint density at radius 3 is 2.91 bits per heavy atom. The summed E-state index contributed by atoms with van der Waals surface area (Å²) in [4.78, 5) is 5.64. The standard InChI is InChI=1S/C29H26BNS/c1-19-17-23(20-9-3-2-4-10-20)22-12-8-14-25-29(22)31(19)27-15-7-11-21-18-26(27)30(25)24-13-5-6-16-28(24)32-21/h2-3,5-9,11-17,19,25,29H,4,10,18H2,1H3. The molecule has 6 aliphatic rings. The molecule has 3 atom stereocenters. The third kappa shape index (κ3) is 2.67. The number of benzene rings is 1. The normalized spacial score (nSPS) is 29.3. The molecule has 1 aromatic rings. The van der Waals surface area contributed by atoms with Crippen LogP contribution in [0.5, 0.6) is 0 Å². The lowest BCUT2D eigenvalue weighted by molar-refractivity contribution is 0.240. The minimum absolute atomic E-state index is 0.383. The van der Waals surface area contributed by atoms with Crippen LogP contribution in [0, 0.1) is 0 Å². The smallest absolute Gasteiger partial charge is 0.218 e. The zero-order chi connectivity index (χ0) is 21.2. The number of hydrogen-bond donors (Lipinski definition) is 0. The summed E-state index contributed by atoms with van der Waals surface area (Å²) in [6.45, 7) is 2.83. The topological polar surface area (TPSA) is 3.24 Å². The molecule has 0 radical (unpaired) electrons. The molecule has 3 aliphatic heterocycles. The molecule has 3 heteroatoms. The van der Waals surface area contributed by atoms with Crippen LogP contribution in [0.1, 0.15) is 26.2 Å². The molecule has 32 heavy (non-hydrogen) atoms. The first-order chi connectivity index (χ1) is 15.8. The number of fused-ring (bicyclic) bond motifs is 5. The molecular formula is C29H26BNS. The maximum Gasteiger partial charge on any atom is 0.218 e. The average molecular weight is 431 g/mol. The van der Waals surface area contributed by atoms with Gasteiger partial charge in [0, 0.05) is 16.6 Å². The molecule has 0 amide bonds. The zero-order valence-electron chi connectivity index (χ0n) is 18.4. The molecule has 3 heterocycles. The van der Waals surface area contributed by atoms with E-state index in [9.17, 15) is 0 Å². The van der Waals surface area contributed by atoms with Crippen LogP contribution in [-0.4, -0.2) is 23.7 Å². The second kappa shape index (κ2) is 7.18. The Bertz CT molecular complexity index is 1270. The van der Waals surface area contributed by atoms with E-state index in [2.05, 4.69) is 96.8 Å². The Labute approximate surface area is 195 Å². The van der Waals surface area contributed by atoms with E-state index in [1.807, 2.05) is 11.8 Å². The Morgan fingerprint density at radius 2 is 2.00 bits per heavy atom. The molecule has 2 bridgehead atoms. The van der Waals surface area contributed by atoms with Crippen molar-refractivity contribution >= 4 is 23.9 Å². The summed E-state index contributed by atoms with van der Waals surface area (Å²) >= 11 is 1.97. The van der Waals surface area contributed by atoms with Gasteiger partial charge in [-0.15, -0.1) is 0 Å². The summed E-state index contributed by atoms with van der Waals surface area (Å²) in [5.41, 5.74) is 9.11. The van der Waals surface area contributed by atoms with Crippen LogP contribution in [-0.2, 0) is 0 Å². The van der Waals surface area contributed by atoms with Crippen LogP contribution < -0.4 is 5.46 Å². The number of nitrogens with zero attached hydrogens (tertiary/aromatic N) is 1. The lowest BCUT2D eigenvalue weighted by Crippen LogP contribution is -2.57. The highest BCUT2D eigenvalue weighted by molar-refractivity contribution is 8.03. The fourth-order valence-electron chi connectivity index (χ4n) is 6.62. The first-order valence-corrected chi connectivity index (χ1v) is 12.7. The van der Waals surface area contributed by atoms with Gasteiger partial charge in [0.05, 0.1) is 6.04 Å². The van der Waals surface area contributed by atoms with Gasteiger partial charge in [0.2, 0.25) is 6.71 Å². The van der Waals surface area contributed by atoms with Crippen molar-refractivity contribution in [3.8, 4) is 0 Å². The van der Waals surface area contributed by atoms with E-state index < -0.39 is 0 Å². The molecule has 0 spiro atoms. The molecule has 0 N–H and O–H groups in total. The van der Waals surface area contributed by atoms with Crippen molar-refractivity contribution in [1.82, 2.24) is 4.90 Å². The van der Waals surface area contributed by atoms with Gasteiger partial charge in [-0.2, -0.15) is 0 Å². The van der Waals surface area contributed by atoms with E-state index in [-0.39, 0.29) is 0 Å². The van der Waals surface area contributed by atoms with Crippen molar-refractivity contribution in [3.05, 3.63) is 118 Å². The maximum atomic E-state index is 2.74. The van der Waals surface area contributed by atoms with Gasteiger partial charge < -0.3 is 4.90 Å². The zero-order valence-corrected chi connectivity index (χ0v) is 19.2. The van der Waals surface area contributed by atoms with Gasteiger partial charge in [-0.25, -0.2) is 0 Å². The minimum atomic E-state index is 0.383. The van der Waals surface area contributed by atoms with Gasteiger partial charge in [0.1, 0.15) is 0 Å². The molecule has 7 rings (SSSR count). The predicted molar refractivity (Wildman–Crippen MR) is 137 cm³/mol. The second-order valence-electron chi connectivity index (χ2n) is 9.61. The van der Waals surface area contributed by atoms with Gasteiger partial charge >= 0.3 is 0 Å². The molecule has 0 aromatic heterocycles. The van der Waals surface area contributed by atoms with Crippen molar-refractivity contribution in [3.63, 3.8) is 0 Å². The Kier molecular flexibility index (Phi) is 4.24. The van der Waals surface area contributed by atoms with Gasteiger partial charge in [-0.05, 0) is 65.8 Å². The van der Waals surface area contributed by atoms with Crippen LogP contribution in [0.4, 0.5) is 0 Å². The van der Waals surface area contributed by atoms with Gasteiger partial charge in [0.25, 0.3) is 0 Å². The maximum absolute atomic E-state index is 2.74. The third-order valence-electron chi connectivity index (χ3n) is 7.87. The Morgan fingerprint density at radius 1 is 1.06 bits per heavy atom. The fraction of sp³-hybridized carbons (Fsp3) is 0.241. The summed E-state index contributed by atoms with van der Waals surface area (Å²) < 4.78 is 0. The molecule has 1 aromatic carbocycles. The summed E-state index contributed by atoms with van der Waals surface area (Å²) in [5.74, 6) is 0.465. The molecule has 0 saturated carbocycles. The summed E-state index contributed by atoms with van der Waals surface area (Å²) in [6, 6.07) is 9.92. The van der Waals surface area contributed by atoms with Gasteiger partial charge in [-0.1, -0.05) is 95.6 Å². The van der Waals surface area contributed by atoms with Crippen molar-refractivity contribution in [2.45, 2.75) is 49.0 Å². The average Bonchev–Trinajstić information content (AvgIpc) is 3.13. The van der Waals surface area contributed by atoms with Crippen molar-refractivity contribution in [2.75, 3.05) is 0 Å². The third-order valence-corrected chi connectivity index (χ3v) is 9.01. The molecule has 0 saturated heterocycles. The number of rotatable bonds is 1. The van der Waals surface area contributed by atoms with E-state index in [1.165, 1.54) is 37.7 Å². The van der Waals surface area contributed by atoms with Gasteiger partial charge in [0.15, 0.2) is 0 Å². The number of allylic oxidation sites excluding steroid dienone is 11. The largest absolute Gasteiger partial charge is 0.359 e. The minimum Gasteiger partial charge on any atom is -0.359 e. The Balaban J connectivity index is 1.47. The van der Waals surface area contributed by atoms with Gasteiger partial charge in [-0.3, -0.25) is 0 Å². The van der Waals surface area contributed by atoms with Crippen LogP contribution in [0.3, 0.4) is 0 Å². The van der Waals surface area contributed by atoms with Crippen LogP contribution in [0.2, 0.25) is 5.82 Å². The summed E-state index contributed by atoms with van der Waals surface area (Å²) in [5, 5.41) is 0. The van der Waals surface area contributed by atoms with Crippen molar-refractivity contribution in [2.24, 2.45) is 0 Å². The highest BCUT2D eigenvalue weighted by atomic mass is 32.2. The molecule has 3 aliphatic carbocycles. The molecule has 156 valence electrons.